The first kappa shape index (κ1) is 13.1. The molecule has 1 aliphatic heterocycles. The summed E-state index contributed by atoms with van der Waals surface area (Å²) in [6, 6.07) is 2.09. The van der Waals surface area contributed by atoms with Gasteiger partial charge in [0, 0.05) is 17.2 Å². The lowest BCUT2D eigenvalue weighted by atomic mass is 10.2. The first-order valence-electron chi connectivity index (χ1n) is 6.70. The molecule has 1 saturated carbocycles. The molecule has 1 aliphatic carbocycles. The Balaban J connectivity index is 1.76. The Bertz CT molecular complexity index is 501. The number of rotatable bonds is 4. The summed E-state index contributed by atoms with van der Waals surface area (Å²) in [6.45, 7) is 1.27. The molecule has 0 aromatic carbocycles. The quantitative estimate of drug-likeness (QED) is 0.795. The van der Waals surface area contributed by atoms with Crippen molar-refractivity contribution in [3.8, 4) is 12.3 Å². The van der Waals surface area contributed by atoms with E-state index in [0.29, 0.717) is 12.5 Å². The number of aryl methyl sites for hydroxylation is 1. The fourth-order valence-electron chi connectivity index (χ4n) is 2.35. The van der Waals surface area contributed by atoms with Gasteiger partial charge in [-0.3, -0.25) is 4.79 Å². The van der Waals surface area contributed by atoms with Crippen molar-refractivity contribution in [2.24, 2.45) is 5.92 Å². The van der Waals surface area contributed by atoms with Gasteiger partial charge in [-0.05, 0) is 42.6 Å². The van der Waals surface area contributed by atoms with Crippen LogP contribution in [-0.4, -0.2) is 29.6 Å². The van der Waals surface area contributed by atoms with E-state index < -0.39 is 0 Å². The minimum Gasteiger partial charge on any atom is -0.327 e. The van der Waals surface area contributed by atoms with E-state index >= 15 is 0 Å². The first-order chi connectivity index (χ1) is 9.28. The van der Waals surface area contributed by atoms with Crippen molar-refractivity contribution in [1.29, 1.82) is 0 Å². The summed E-state index contributed by atoms with van der Waals surface area (Å²) in [6.07, 6.45) is 8.99. The van der Waals surface area contributed by atoms with Crippen LogP contribution in [0.2, 0.25) is 0 Å². The predicted molar refractivity (Wildman–Crippen MR) is 81.6 cm³/mol. The Hall–Kier alpha value is -0.920. The van der Waals surface area contributed by atoms with Gasteiger partial charge in [0.2, 0.25) is 0 Å². The van der Waals surface area contributed by atoms with Crippen LogP contribution in [0.5, 0.6) is 0 Å². The number of carbonyl (C=O) groups is 1. The number of amides is 1. The zero-order valence-corrected chi connectivity index (χ0v) is 12.5. The van der Waals surface area contributed by atoms with E-state index in [0.717, 1.165) is 23.6 Å². The molecule has 0 atom stereocenters. The first-order valence-corrected chi connectivity index (χ1v) is 8.67. The lowest BCUT2D eigenvalue weighted by Gasteiger charge is -2.19. The number of carbonyl (C=O) groups excluding carboxylic acids is 1. The van der Waals surface area contributed by atoms with Gasteiger partial charge in [-0.15, -0.1) is 17.8 Å². The number of fused-ring (bicyclic) bond motifs is 1. The van der Waals surface area contributed by atoms with Crippen molar-refractivity contribution in [3.63, 3.8) is 0 Å². The summed E-state index contributed by atoms with van der Waals surface area (Å²) in [7, 11) is 0. The number of hydrogen-bond donors (Lipinski definition) is 0. The van der Waals surface area contributed by atoms with Gasteiger partial charge < -0.3 is 4.90 Å². The SMILES string of the molecule is C#CCN(CC1CC1)C(=O)c1cc2c(s1)CCSC2. The maximum Gasteiger partial charge on any atom is 0.264 e. The minimum atomic E-state index is 0.134. The topological polar surface area (TPSA) is 20.3 Å². The van der Waals surface area contributed by atoms with E-state index in [1.165, 1.54) is 29.0 Å². The molecule has 3 rings (SSSR count). The van der Waals surface area contributed by atoms with Crippen LogP contribution in [0.1, 0.15) is 33.0 Å². The molecule has 0 N–H and O–H groups in total. The van der Waals surface area contributed by atoms with Crippen LogP contribution in [0.3, 0.4) is 0 Å². The van der Waals surface area contributed by atoms with E-state index in [4.69, 9.17) is 6.42 Å². The van der Waals surface area contributed by atoms with Crippen LogP contribution in [0, 0.1) is 18.3 Å². The zero-order valence-electron chi connectivity index (χ0n) is 10.9. The van der Waals surface area contributed by atoms with Gasteiger partial charge in [-0.1, -0.05) is 5.92 Å². The number of thioether (sulfide) groups is 1. The highest BCUT2D eigenvalue weighted by Crippen LogP contribution is 2.34. The standard InChI is InChI=1S/C15H17NOS2/c1-2-6-16(9-11-3-4-11)15(17)14-8-12-10-18-7-5-13(12)19-14/h1,8,11H,3-7,9-10H2. The molecule has 0 unspecified atom stereocenters. The summed E-state index contributed by atoms with van der Waals surface area (Å²) in [5.41, 5.74) is 1.36. The molecule has 1 aromatic rings. The maximum absolute atomic E-state index is 12.5. The van der Waals surface area contributed by atoms with Gasteiger partial charge >= 0.3 is 0 Å². The molecule has 2 heterocycles. The van der Waals surface area contributed by atoms with Crippen molar-refractivity contribution in [2.75, 3.05) is 18.8 Å². The van der Waals surface area contributed by atoms with Crippen LogP contribution in [0.25, 0.3) is 0 Å². The van der Waals surface area contributed by atoms with Gasteiger partial charge in [-0.25, -0.2) is 0 Å². The molecule has 2 nitrogen and oxygen atoms in total. The second-order valence-electron chi connectivity index (χ2n) is 5.19. The smallest absolute Gasteiger partial charge is 0.264 e. The van der Waals surface area contributed by atoms with Gasteiger partial charge in [-0.2, -0.15) is 11.8 Å². The van der Waals surface area contributed by atoms with E-state index in [-0.39, 0.29) is 5.91 Å². The van der Waals surface area contributed by atoms with Gasteiger partial charge in [0.1, 0.15) is 0 Å². The average Bonchev–Trinajstić information content (AvgIpc) is 3.13. The van der Waals surface area contributed by atoms with E-state index in [9.17, 15) is 4.79 Å². The molecular weight excluding hydrogens is 274 g/mol. The summed E-state index contributed by atoms with van der Waals surface area (Å²) in [5, 5.41) is 0. The van der Waals surface area contributed by atoms with Crippen molar-refractivity contribution < 1.29 is 4.79 Å². The Morgan fingerprint density at radius 1 is 1.53 bits per heavy atom. The van der Waals surface area contributed by atoms with Crippen molar-refractivity contribution in [3.05, 3.63) is 21.4 Å². The van der Waals surface area contributed by atoms with Crippen LogP contribution in [0.4, 0.5) is 0 Å². The van der Waals surface area contributed by atoms with Crippen LogP contribution >= 0.6 is 23.1 Å². The molecule has 100 valence electrons. The largest absolute Gasteiger partial charge is 0.327 e. The van der Waals surface area contributed by atoms with Crippen molar-refractivity contribution in [2.45, 2.75) is 25.0 Å². The average molecular weight is 291 g/mol. The normalized spacial score (nSPS) is 17.6. The Morgan fingerprint density at radius 2 is 2.37 bits per heavy atom. The highest BCUT2D eigenvalue weighted by Gasteiger charge is 2.28. The van der Waals surface area contributed by atoms with Crippen LogP contribution < -0.4 is 0 Å². The third kappa shape index (κ3) is 2.98. The molecule has 1 fully saturated rings. The van der Waals surface area contributed by atoms with Gasteiger partial charge in [0.25, 0.3) is 5.91 Å². The van der Waals surface area contributed by atoms with E-state index in [1.54, 1.807) is 11.3 Å². The molecule has 0 radical (unpaired) electrons. The summed E-state index contributed by atoms with van der Waals surface area (Å²) < 4.78 is 0. The summed E-state index contributed by atoms with van der Waals surface area (Å²) in [5.74, 6) is 5.67. The fourth-order valence-corrected chi connectivity index (χ4v) is 4.69. The minimum absolute atomic E-state index is 0.134. The lowest BCUT2D eigenvalue weighted by Crippen LogP contribution is -2.32. The maximum atomic E-state index is 12.5. The molecule has 19 heavy (non-hydrogen) atoms. The summed E-state index contributed by atoms with van der Waals surface area (Å²) in [4.78, 5) is 16.7. The molecule has 0 bridgehead atoms. The highest BCUT2D eigenvalue weighted by molar-refractivity contribution is 7.98. The van der Waals surface area contributed by atoms with E-state index in [1.807, 2.05) is 16.7 Å². The molecule has 4 heteroatoms. The monoisotopic (exact) mass is 291 g/mol. The van der Waals surface area contributed by atoms with E-state index in [2.05, 4.69) is 12.0 Å². The number of terminal acetylenes is 1. The zero-order chi connectivity index (χ0) is 13.2. The van der Waals surface area contributed by atoms with Gasteiger partial charge in [0.15, 0.2) is 0 Å². The third-order valence-electron chi connectivity index (χ3n) is 3.58. The number of nitrogens with zero attached hydrogens (tertiary/aromatic N) is 1. The molecule has 1 aromatic heterocycles. The second kappa shape index (κ2) is 5.60. The lowest BCUT2D eigenvalue weighted by molar-refractivity contribution is 0.0774. The molecular formula is C15H17NOS2. The van der Waals surface area contributed by atoms with Crippen molar-refractivity contribution >= 4 is 29.0 Å². The molecule has 2 aliphatic rings. The molecule has 0 saturated heterocycles. The Kier molecular flexibility index (Phi) is 3.86. The predicted octanol–water partition coefficient (Wildman–Crippen LogP) is 3.02. The number of thiophene rings is 1. The Morgan fingerprint density at radius 3 is 3.05 bits per heavy atom. The van der Waals surface area contributed by atoms with Crippen molar-refractivity contribution in [1.82, 2.24) is 4.90 Å². The van der Waals surface area contributed by atoms with Crippen LogP contribution in [0.15, 0.2) is 6.07 Å². The number of hydrogen-bond acceptors (Lipinski definition) is 3. The fraction of sp³-hybridized carbons (Fsp3) is 0.533. The third-order valence-corrected chi connectivity index (χ3v) is 5.82. The van der Waals surface area contributed by atoms with Gasteiger partial charge in [0.05, 0.1) is 11.4 Å². The van der Waals surface area contributed by atoms with Crippen LogP contribution in [-0.2, 0) is 12.2 Å². The molecule has 0 spiro atoms. The molecule has 1 amide bonds. The second-order valence-corrected chi connectivity index (χ2v) is 7.44. The Labute approximate surface area is 122 Å². The highest BCUT2D eigenvalue weighted by atomic mass is 32.2. The summed E-state index contributed by atoms with van der Waals surface area (Å²) >= 11 is 3.62.